The van der Waals surface area contributed by atoms with Crippen molar-refractivity contribution in [3.63, 3.8) is 0 Å². The average Bonchev–Trinajstić information content (AvgIpc) is 2.14. The molecule has 0 fully saturated rings. The third kappa shape index (κ3) is 5.13. The van der Waals surface area contributed by atoms with Gasteiger partial charge in [-0.05, 0) is 39.5 Å². The van der Waals surface area contributed by atoms with E-state index in [1.807, 2.05) is 14.1 Å². The Kier molecular flexibility index (Phi) is 6.71. The first-order valence-corrected chi connectivity index (χ1v) is 6.62. The van der Waals surface area contributed by atoms with E-state index in [1.165, 1.54) is 11.8 Å². The average molecular weight is 264 g/mol. The molecular weight excluding hydrogens is 244 g/mol. The van der Waals surface area contributed by atoms with Crippen LogP contribution in [0, 0.1) is 0 Å². The Labute approximate surface area is 108 Å². The van der Waals surface area contributed by atoms with Crippen molar-refractivity contribution in [2.75, 3.05) is 14.1 Å². The monoisotopic (exact) mass is 264 g/mol. The van der Waals surface area contributed by atoms with E-state index in [1.54, 1.807) is 0 Å². The lowest BCUT2D eigenvalue weighted by molar-refractivity contribution is 0.428. The minimum Gasteiger partial charge on any atom is -0.358 e. The van der Waals surface area contributed by atoms with Gasteiger partial charge in [-0.25, -0.2) is 0 Å². The highest BCUT2D eigenvalue weighted by molar-refractivity contribution is 8.37. The summed E-state index contributed by atoms with van der Waals surface area (Å²) in [4.78, 5) is 4.11. The molecule has 0 amide bonds. The molecule has 0 aromatic rings. The summed E-state index contributed by atoms with van der Waals surface area (Å²) < 4.78 is 1.67. The standard InChI is InChI=1S/C10H20N2S3/c1-7(2)11(5)9(13)15-10(14)12(6)8(3)4/h7-8H,1-6H3. The van der Waals surface area contributed by atoms with Gasteiger partial charge in [0.05, 0.1) is 0 Å². The van der Waals surface area contributed by atoms with Crippen LogP contribution in [-0.2, 0) is 0 Å². The topological polar surface area (TPSA) is 6.48 Å². The zero-order valence-corrected chi connectivity index (χ0v) is 12.7. The van der Waals surface area contributed by atoms with E-state index in [-0.39, 0.29) is 0 Å². The van der Waals surface area contributed by atoms with Crippen molar-refractivity contribution >= 4 is 44.8 Å². The molecule has 0 aromatic carbocycles. The van der Waals surface area contributed by atoms with Crippen molar-refractivity contribution in [3.8, 4) is 0 Å². The number of hydrogen-bond acceptors (Lipinski definition) is 3. The van der Waals surface area contributed by atoms with Gasteiger partial charge in [0.15, 0.2) is 0 Å². The molecule has 0 unspecified atom stereocenters. The SMILES string of the molecule is CC(C)N(C)C(=S)SC(=S)N(C)C(C)C. The van der Waals surface area contributed by atoms with Gasteiger partial charge in [0.1, 0.15) is 8.64 Å². The minimum atomic E-state index is 0.414. The first-order valence-electron chi connectivity index (χ1n) is 4.98. The number of nitrogens with zero attached hydrogens (tertiary/aromatic N) is 2. The molecule has 2 nitrogen and oxygen atoms in total. The second-order valence-corrected chi connectivity index (χ2v) is 6.31. The van der Waals surface area contributed by atoms with E-state index < -0.39 is 0 Å². The molecule has 0 aliphatic carbocycles. The highest BCUT2D eigenvalue weighted by Gasteiger charge is 2.15. The molecule has 0 radical (unpaired) electrons. The molecule has 0 aliphatic rings. The lowest BCUT2D eigenvalue weighted by Gasteiger charge is -2.27. The maximum atomic E-state index is 5.31. The fraction of sp³-hybridized carbons (Fsp3) is 0.800. The predicted molar refractivity (Wildman–Crippen MR) is 78.6 cm³/mol. The zero-order chi connectivity index (χ0) is 12.2. The van der Waals surface area contributed by atoms with Crippen LogP contribution in [0.15, 0.2) is 0 Å². The molecule has 15 heavy (non-hydrogen) atoms. The minimum absolute atomic E-state index is 0.414. The number of rotatable bonds is 2. The van der Waals surface area contributed by atoms with E-state index in [0.29, 0.717) is 12.1 Å². The first-order chi connectivity index (χ1) is 6.77. The molecule has 0 atom stereocenters. The van der Waals surface area contributed by atoms with Crippen molar-refractivity contribution < 1.29 is 0 Å². The van der Waals surface area contributed by atoms with Crippen LogP contribution in [0.5, 0.6) is 0 Å². The van der Waals surface area contributed by atoms with Gasteiger partial charge in [-0.1, -0.05) is 24.4 Å². The second-order valence-electron chi connectivity index (χ2n) is 4.04. The molecule has 0 aromatic heterocycles. The fourth-order valence-electron chi connectivity index (χ4n) is 0.640. The highest BCUT2D eigenvalue weighted by atomic mass is 32.2. The molecule has 0 N–H and O–H groups in total. The van der Waals surface area contributed by atoms with Crippen LogP contribution in [0.2, 0.25) is 0 Å². The summed E-state index contributed by atoms with van der Waals surface area (Å²) >= 11 is 12.1. The van der Waals surface area contributed by atoms with Gasteiger partial charge in [0, 0.05) is 26.2 Å². The lowest BCUT2D eigenvalue weighted by atomic mass is 10.4. The van der Waals surface area contributed by atoms with Crippen LogP contribution in [0.1, 0.15) is 27.7 Å². The summed E-state index contributed by atoms with van der Waals surface area (Å²) in [6.07, 6.45) is 0. The Morgan fingerprint density at radius 3 is 1.33 bits per heavy atom. The summed E-state index contributed by atoms with van der Waals surface area (Å²) in [7, 11) is 4.00. The van der Waals surface area contributed by atoms with Crippen molar-refractivity contribution in [2.45, 2.75) is 39.8 Å². The molecule has 0 bridgehead atoms. The zero-order valence-electron chi connectivity index (χ0n) is 10.3. The molecule has 0 aliphatic heterocycles. The Bertz CT molecular complexity index is 215. The largest absolute Gasteiger partial charge is 0.358 e. The second kappa shape index (κ2) is 6.66. The van der Waals surface area contributed by atoms with Gasteiger partial charge in [0.25, 0.3) is 0 Å². The quantitative estimate of drug-likeness (QED) is 0.705. The van der Waals surface area contributed by atoms with Crippen molar-refractivity contribution in [1.82, 2.24) is 9.80 Å². The third-order valence-electron chi connectivity index (χ3n) is 2.30. The maximum Gasteiger partial charge on any atom is 0.143 e. The van der Waals surface area contributed by atoms with Crippen LogP contribution in [0.3, 0.4) is 0 Å². The number of hydrogen-bond donors (Lipinski definition) is 0. The molecule has 0 spiro atoms. The van der Waals surface area contributed by atoms with Gasteiger partial charge in [-0.2, -0.15) is 0 Å². The van der Waals surface area contributed by atoms with E-state index in [4.69, 9.17) is 24.4 Å². The van der Waals surface area contributed by atoms with E-state index in [2.05, 4.69) is 37.5 Å². The van der Waals surface area contributed by atoms with E-state index in [9.17, 15) is 0 Å². The van der Waals surface area contributed by atoms with E-state index in [0.717, 1.165) is 8.64 Å². The van der Waals surface area contributed by atoms with Gasteiger partial charge in [0.2, 0.25) is 0 Å². The summed E-state index contributed by atoms with van der Waals surface area (Å²) in [6, 6.07) is 0.828. The Morgan fingerprint density at radius 1 is 0.867 bits per heavy atom. The van der Waals surface area contributed by atoms with Crippen LogP contribution in [0.4, 0.5) is 0 Å². The van der Waals surface area contributed by atoms with Gasteiger partial charge in [-0.15, -0.1) is 0 Å². The predicted octanol–water partition coefficient (Wildman–Crippen LogP) is 2.97. The molecule has 0 heterocycles. The first kappa shape index (κ1) is 15.1. The normalized spacial score (nSPS) is 10.7. The van der Waals surface area contributed by atoms with Crippen molar-refractivity contribution in [1.29, 1.82) is 0 Å². The van der Waals surface area contributed by atoms with Crippen molar-refractivity contribution in [2.24, 2.45) is 0 Å². The smallest absolute Gasteiger partial charge is 0.143 e. The van der Waals surface area contributed by atoms with Crippen LogP contribution < -0.4 is 0 Å². The molecular formula is C10H20N2S3. The lowest BCUT2D eigenvalue weighted by Crippen LogP contribution is -2.34. The Morgan fingerprint density at radius 2 is 1.13 bits per heavy atom. The highest BCUT2D eigenvalue weighted by Crippen LogP contribution is 2.16. The number of thiocarbonyl (C=S) groups is 2. The van der Waals surface area contributed by atoms with Crippen molar-refractivity contribution in [3.05, 3.63) is 0 Å². The summed E-state index contributed by atoms with van der Waals surface area (Å²) in [5, 5.41) is 0. The summed E-state index contributed by atoms with van der Waals surface area (Å²) in [5.74, 6) is 0. The van der Waals surface area contributed by atoms with Gasteiger partial charge in [-0.3, -0.25) is 0 Å². The fourth-order valence-corrected chi connectivity index (χ4v) is 2.55. The molecule has 0 saturated carbocycles. The van der Waals surface area contributed by atoms with E-state index >= 15 is 0 Å². The molecule has 88 valence electrons. The van der Waals surface area contributed by atoms with Crippen LogP contribution in [0.25, 0.3) is 0 Å². The van der Waals surface area contributed by atoms with Crippen LogP contribution in [-0.4, -0.2) is 44.6 Å². The summed E-state index contributed by atoms with van der Waals surface area (Å²) in [6.45, 7) is 8.45. The number of thioether (sulfide) groups is 1. The molecule has 5 heteroatoms. The Hall–Kier alpha value is 0.130. The third-order valence-corrected chi connectivity index (χ3v) is 4.30. The van der Waals surface area contributed by atoms with Crippen LogP contribution >= 0.6 is 36.2 Å². The van der Waals surface area contributed by atoms with Gasteiger partial charge < -0.3 is 9.80 Å². The summed E-state index contributed by atoms with van der Waals surface area (Å²) in [5.41, 5.74) is 0. The molecule has 0 saturated heterocycles. The Balaban J connectivity index is 4.25. The van der Waals surface area contributed by atoms with Gasteiger partial charge >= 0.3 is 0 Å². The molecule has 0 rings (SSSR count). The maximum absolute atomic E-state index is 5.31.